The summed E-state index contributed by atoms with van der Waals surface area (Å²) in [6, 6.07) is 5.82. The standard InChI is InChI=1S/C15H21NO4/c1-11-4-5-13(10-12(11)2)20-9-7-14(17)16-8-6-15(18)19-3/h4-5,10H,6-9H2,1-3H3,(H,16,17). The summed E-state index contributed by atoms with van der Waals surface area (Å²) < 4.78 is 9.99. The Kier molecular flexibility index (Phi) is 6.56. The van der Waals surface area contributed by atoms with E-state index >= 15 is 0 Å². The molecule has 0 saturated heterocycles. The summed E-state index contributed by atoms with van der Waals surface area (Å²) in [5, 5.41) is 2.63. The van der Waals surface area contributed by atoms with Crippen molar-refractivity contribution in [1.29, 1.82) is 0 Å². The predicted molar refractivity (Wildman–Crippen MR) is 75.7 cm³/mol. The van der Waals surface area contributed by atoms with E-state index in [0.29, 0.717) is 6.61 Å². The number of hydrogen-bond acceptors (Lipinski definition) is 4. The lowest BCUT2D eigenvalue weighted by Crippen LogP contribution is -2.27. The number of esters is 1. The second-order valence-electron chi connectivity index (χ2n) is 4.52. The second-order valence-corrected chi connectivity index (χ2v) is 4.52. The Morgan fingerprint density at radius 1 is 1.15 bits per heavy atom. The molecule has 0 aromatic heterocycles. The fourth-order valence-electron chi connectivity index (χ4n) is 1.56. The summed E-state index contributed by atoms with van der Waals surface area (Å²) in [5.41, 5.74) is 2.36. The van der Waals surface area contributed by atoms with Gasteiger partial charge in [0.25, 0.3) is 0 Å². The van der Waals surface area contributed by atoms with Crippen LogP contribution in [0.25, 0.3) is 0 Å². The molecule has 20 heavy (non-hydrogen) atoms. The van der Waals surface area contributed by atoms with Crippen LogP contribution in [0.1, 0.15) is 24.0 Å². The molecule has 1 aromatic rings. The molecule has 1 aromatic carbocycles. The number of methoxy groups -OCH3 is 1. The molecule has 0 bridgehead atoms. The third-order valence-corrected chi connectivity index (χ3v) is 2.96. The first kappa shape index (κ1) is 16.0. The Balaban J connectivity index is 2.21. The molecule has 0 spiro atoms. The molecule has 1 rings (SSSR count). The minimum absolute atomic E-state index is 0.141. The zero-order chi connectivity index (χ0) is 15.0. The zero-order valence-electron chi connectivity index (χ0n) is 12.2. The highest BCUT2D eigenvalue weighted by molar-refractivity contribution is 5.77. The van der Waals surface area contributed by atoms with Crippen LogP contribution >= 0.6 is 0 Å². The third-order valence-electron chi connectivity index (χ3n) is 2.96. The Morgan fingerprint density at radius 2 is 1.90 bits per heavy atom. The number of carbonyl (C=O) groups excluding carboxylic acids is 2. The molecule has 0 heterocycles. The number of amides is 1. The van der Waals surface area contributed by atoms with Crippen molar-refractivity contribution >= 4 is 11.9 Å². The third kappa shape index (κ3) is 5.73. The molecule has 0 aliphatic carbocycles. The van der Waals surface area contributed by atoms with Crippen LogP contribution < -0.4 is 10.1 Å². The van der Waals surface area contributed by atoms with Crippen molar-refractivity contribution in [3.05, 3.63) is 29.3 Å². The summed E-state index contributed by atoms with van der Waals surface area (Å²) in [4.78, 5) is 22.3. The van der Waals surface area contributed by atoms with Gasteiger partial charge in [0, 0.05) is 6.54 Å². The normalized spacial score (nSPS) is 9.95. The van der Waals surface area contributed by atoms with Gasteiger partial charge < -0.3 is 14.8 Å². The summed E-state index contributed by atoms with van der Waals surface area (Å²) >= 11 is 0. The predicted octanol–water partition coefficient (Wildman–Crippen LogP) is 1.75. The van der Waals surface area contributed by atoms with Crippen LogP contribution in [0, 0.1) is 13.8 Å². The van der Waals surface area contributed by atoms with E-state index in [4.69, 9.17) is 4.74 Å². The zero-order valence-corrected chi connectivity index (χ0v) is 12.2. The van der Waals surface area contributed by atoms with E-state index in [-0.39, 0.29) is 31.3 Å². The molecular weight excluding hydrogens is 258 g/mol. The van der Waals surface area contributed by atoms with Gasteiger partial charge >= 0.3 is 5.97 Å². The monoisotopic (exact) mass is 279 g/mol. The van der Waals surface area contributed by atoms with Crippen LogP contribution in [0.4, 0.5) is 0 Å². The molecule has 0 unspecified atom stereocenters. The van der Waals surface area contributed by atoms with E-state index in [9.17, 15) is 9.59 Å². The van der Waals surface area contributed by atoms with Crippen LogP contribution in [0.5, 0.6) is 5.75 Å². The number of hydrogen-bond donors (Lipinski definition) is 1. The first-order valence-electron chi connectivity index (χ1n) is 6.56. The molecule has 110 valence electrons. The van der Waals surface area contributed by atoms with Crippen LogP contribution in [-0.2, 0) is 14.3 Å². The first-order chi connectivity index (χ1) is 9.52. The molecule has 1 amide bonds. The van der Waals surface area contributed by atoms with Gasteiger partial charge in [-0.3, -0.25) is 9.59 Å². The van der Waals surface area contributed by atoms with E-state index in [1.54, 1.807) is 0 Å². The fraction of sp³-hybridized carbons (Fsp3) is 0.467. The van der Waals surface area contributed by atoms with Gasteiger partial charge in [-0.2, -0.15) is 0 Å². The van der Waals surface area contributed by atoms with Gasteiger partial charge in [0.15, 0.2) is 0 Å². The lowest BCUT2D eigenvalue weighted by Gasteiger charge is -2.08. The number of nitrogens with one attached hydrogen (secondary N) is 1. The minimum atomic E-state index is -0.336. The quantitative estimate of drug-likeness (QED) is 0.772. The van der Waals surface area contributed by atoms with Gasteiger partial charge in [0.1, 0.15) is 5.75 Å². The van der Waals surface area contributed by atoms with E-state index in [2.05, 4.69) is 10.1 Å². The largest absolute Gasteiger partial charge is 0.493 e. The molecule has 0 fully saturated rings. The molecule has 0 aliphatic rings. The number of benzene rings is 1. The summed E-state index contributed by atoms with van der Waals surface area (Å²) in [5.74, 6) is 0.282. The van der Waals surface area contributed by atoms with Crippen molar-refractivity contribution in [3.63, 3.8) is 0 Å². The highest BCUT2D eigenvalue weighted by Gasteiger charge is 2.04. The SMILES string of the molecule is COC(=O)CCNC(=O)CCOc1ccc(C)c(C)c1. The second kappa shape index (κ2) is 8.19. The smallest absolute Gasteiger partial charge is 0.307 e. The van der Waals surface area contributed by atoms with Gasteiger partial charge in [-0.05, 0) is 37.1 Å². The molecule has 0 radical (unpaired) electrons. The average molecular weight is 279 g/mol. The minimum Gasteiger partial charge on any atom is -0.493 e. The maximum Gasteiger partial charge on any atom is 0.307 e. The van der Waals surface area contributed by atoms with Gasteiger partial charge in [0.2, 0.25) is 5.91 Å². The number of ether oxygens (including phenoxy) is 2. The lowest BCUT2D eigenvalue weighted by atomic mass is 10.1. The Hall–Kier alpha value is -2.04. The number of carbonyl (C=O) groups is 2. The molecule has 0 aliphatic heterocycles. The fourth-order valence-corrected chi connectivity index (χ4v) is 1.56. The lowest BCUT2D eigenvalue weighted by molar-refractivity contribution is -0.140. The van der Waals surface area contributed by atoms with Crippen molar-refractivity contribution < 1.29 is 19.1 Å². The Bertz CT molecular complexity index is 471. The van der Waals surface area contributed by atoms with Crippen molar-refractivity contribution in [2.45, 2.75) is 26.7 Å². The molecule has 1 N–H and O–H groups in total. The molecule has 0 atom stereocenters. The van der Waals surface area contributed by atoms with Crippen LogP contribution in [-0.4, -0.2) is 32.1 Å². The van der Waals surface area contributed by atoms with E-state index < -0.39 is 0 Å². The number of rotatable bonds is 7. The van der Waals surface area contributed by atoms with Crippen molar-refractivity contribution in [1.82, 2.24) is 5.32 Å². The van der Waals surface area contributed by atoms with Crippen molar-refractivity contribution in [3.8, 4) is 5.75 Å². The van der Waals surface area contributed by atoms with E-state index in [0.717, 1.165) is 11.3 Å². The summed E-state index contributed by atoms with van der Waals surface area (Å²) in [6.45, 7) is 4.65. The molecule has 5 heteroatoms. The maximum atomic E-state index is 11.5. The molecule has 0 saturated carbocycles. The number of aryl methyl sites for hydroxylation is 2. The topological polar surface area (TPSA) is 64.6 Å². The highest BCUT2D eigenvalue weighted by atomic mass is 16.5. The van der Waals surface area contributed by atoms with Gasteiger partial charge in [0.05, 0.1) is 26.6 Å². The van der Waals surface area contributed by atoms with Crippen LogP contribution in [0.2, 0.25) is 0 Å². The van der Waals surface area contributed by atoms with Crippen molar-refractivity contribution in [2.24, 2.45) is 0 Å². The molecule has 5 nitrogen and oxygen atoms in total. The van der Waals surface area contributed by atoms with E-state index in [1.165, 1.54) is 12.7 Å². The van der Waals surface area contributed by atoms with Gasteiger partial charge in [-0.15, -0.1) is 0 Å². The Labute approximate surface area is 119 Å². The molecular formula is C15H21NO4. The summed E-state index contributed by atoms with van der Waals surface area (Å²) in [6.07, 6.45) is 0.439. The maximum absolute atomic E-state index is 11.5. The average Bonchev–Trinajstić information content (AvgIpc) is 2.42. The van der Waals surface area contributed by atoms with Crippen LogP contribution in [0.3, 0.4) is 0 Å². The summed E-state index contributed by atoms with van der Waals surface area (Å²) in [7, 11) is 1.32. The first-order valence-corrected chi connectivity index (χ1v) is 6.56. The Morgan fingerprint density at radius 3 is 2.55 bits per heavy atom. The highest BCUT2D eigenvalue weighted by Crippen LogP contribution is 2.16. The van der Waals surface area contributed by atoms with Gasteiger partial charge in [-0.1, -0.05) is 6.07 Å². The van der Waals surface area contributed by atoms with E-state index in [1.807, 2.05) is 32.0 Å². The van der Waals surface area contributed by atoms with Gasteiger partial charge in [-0.25, -0.2) is 0 Å². The van der Waals surface area contributed by atoms with Crippen molar-refractivity contribution in [2.75, 3.05) is 20.3 Å². The van der Waals surface area contributed by atoms with Crippen LogP contribution in [0.15, 0.2) is 18.2 Å².